The average Bonchev–Trinajstić information content (AvgIpc) is 2.67. The van der Waals surface area contributed by atoms with Gasteiger partial charge in [0.15, 0.2) is 6.29 Å². The summed E-state index contributed by atoms with van der Waals surface area (Å²) >= 11 is 0. The Bertz CT molecular complexity index is 801. The Morgan fingerprint density at radius 3 is 2.34 bits per heavy atom. The van der Waals surface area contributed by atoms with Crippen molar-refractivity contribution in [3.05, 3.63) is 59.7 Å². The first-order chi connectivity index (χ1) is 13.9. The number of para-hydroxylation sites is 1. The molecule has 156 valence electrons. The number of benzene rings is 2. The van der Waals surface area contributed by atoms with Gasteiger partial charge >= 0.3 is 5.97 Å². The molecule has 0 saturated carbocycles. The van der Waals surface area contributed by atoms with Crippen LogP contribution in [0.1, 0.15) is 50.0 Å². The van der Waals surface area contributed by atoms with Gasteiger partial charge in [-0.3, -0.25) is 4.79 Å². The van der Waals surface area contributed by atoms with Crippen molar-refractivity contribution in [2.75, 3.05) is 11.9 Å². The number of ether oxygens (including phenoxy) is 3. The fourth-order valence-corrected chi connectivity index (χ4v) is 2.79. The van der Waals surface area contributed by atoms with Crippen LogP contribution >= 0.6 is 0 Å². The van der Waals surface area contributed by atoms with Crippen molar-refractivity contribution in [2.24, 2.45) is 0 Å². The Balaban J connectivity index is 1.88. The first-order valence-electron chi connectivity index (χ1n) is 9.86. The van der Waals surface area contributed by atoms with Crippen molar-refractivity contribution >= 4 is 17.6 Å². The highest BCUT2D eigenvalue weighted by Gasteiger charge is 2.14. The molecule has 29 heavy (non-hydrogen) atoms. The quantitative estimate of drug-likeness (QED) is 0.467. The van der Waals surface area contributed by atoms with Crippen LogP contribution in [-0.4, -0.2) is 30.9 Å². The molecular formula is C23H29NO5. The third-order valence-corrected chi connectivity index (χ3v) is 4.03. The van der Waals surface area contributed by atoms with E-state index in [1.807, 2.05) is 45.0 Å². The lowest BCUT2D eigenvalue weighted by atomic mass is 10.1. The fourth-order valence-electron chi connectivity index (χ4n) is 2.79. The van der Waals surface area contributed by atoms with E-state index in [1.54, 1.807) is 31.2 Å². The minimum absolute atomic E-state index is 0.0942. The van der Waals surface area contributed by atoms with Crippen molar-refractivity contribution in [1.82, 2.24) is 0 Å². The van der Waals surface area contributed by atoms with Crippen molar-refractivity contribution < 1.29 is 23.8 Å². The molecule has 0 spiro atoms. The SMILES string of the molecule is CCOC(=O)c1ccccc1NC(=O)CCc1ccc(OC(C)OC(C)C)cc1. The molecule has 1 N–H and O–H groups in total. The van der Waals surface area contributed by atoms with Gasteiger partial charge in [-0.1, -0.05) is 24.3 Å². The lowest BCUT2D eigenvalue weighted by Gasteiger charge is -2.17. The number of hydrogen-bond acceptors (Lipinski definition) is 5. The normalized spacial score (nSPS) is 11.8. The van der Waals surface area contributed by atoms with Crippen LogP contribution in [0.25, 0.3) is 0 Å². The summed E-state index contributed by atoms with van der Waals surface area (Å²) in [6, 6.07) is 14.4. The molecule has 1 atom stereocenters. The van der Waals surface area contributed by atoms with Gasteiger partial charge < -0.3 is 19.5 Å². The summed E-state index contributed by atoms with van der Waals surface area (Å²) in [6.45, 7) is 7.79. The predicted molar refractivity (Wildman–Crippen MR) is 112 cm³/mol. The maximum atomic E-state index is 12.3. The summed E-state index contributed by atoms with van der Waals surface area (Å²) in [7, 11) is 0. The maximum Gasteiger partial charge on any atom is 0.340 e. The molecule has 1 amide bonds. The van der Waals surface area contributed by atoms with Gasteiger partial charge in [-0.05, 0) is 63.9 Å². The number of amides is 1. The summed E-state index contributed by atoms with van der Waals surface area (Å²) in [5.41, 5.74) is 1.82. The molecule has 0 heterocycles. The Labute approximate surface area is 172 Å². The zero-order valence-electron chi connectivity index (χ0n) is 17.4. The van der Waals surface area contributed by atoms with E-state index in [9.17, 15) is 9.59 Å². The van der Waals surface area contributed by atoms with Crippen molar-refractivity contribution in [1.29, 1.82) is 0 Å². The number of aryl methyl sites for hydroxylation is 1. The number of hydrogen-bond donors (Lipinski definition) is 1. The van der Waals surface area contributed by atoms with Crippen LogP contribution in [0.15, 0.2) is 48.5 Å². The van der Waals surface area contributed by atoms with Gasteiger partial charge in [0, 0.05) is 6.42 Å². The molecule has 6 heteroatoms. The van der Waals surface area contributed by atoms with Crippen LogP contribution in [0, 0.1) is 0 Å². The minimum Gasteiger partial charge on any atom is -0.465 e. The lowest BCUT2D eigenvalue weighted by Crippen LogP contribution is -2.20. The van der Waals surface area contributed by atoms with Crippen LogP contribution < -0.4 is 10.1 Å². The number of nitrogens with one attached hydrogen (secondary N) is 1. The van der Waals surface area contributed by atoms with Crippen LogP contribution in [0.4, 0.5) is 5.69 Å². The highest BCUT2D eigenvalue weighted by Crippen LogP contribution is 2.18. The summed E-state index contributed by atoms with van der Waals surface area (Å²) in [4.78, 5) is 24.3. The number of rotatable bonds is 10. The van der Waals surface area contributed by atoms with Crippen molar-refractivity contribution in [3.63, 3.8) is 0 Å². The molecule has 0 radical (unpaired) electrons. The molecule has 0 aromatic heterocycles. The molecule has 0 saturated heterocycles. The van der Waals surface area contributed by atoms with E-state index in [0.29, 0.717) is 24.1 Å². The van der Waals surface area contributed by atoms with Gasteiger partial charge in [0.25, 0.3) is 0 Å². The standard InChI is InChI=1S/C23H29NO5/c1-5-27-23(26)20-8-6-7-9-21(20)24-22(25)15-12-18-10-13-19(14-11-18)29-17(4)28-16(2)3/h6-11,13-14,16-17H,5,12,15H2,1-4H3,(H,24,25). The van der Waals surface area contributed by atoms with Crippen LogP contribution in [0.2, 0.25) is 0 Å². The number of carbonyl (C=O) groups is 2. The fraction of sp³-hybridized carbons (Fsp3) is 0.391. The zero-order valence-corrected chi connectivity index (χ0v) is 17.4. The van der Waals surface area contributed by atoms with E-state index in [-0.39, 0.29) is 24.9 Å². The van der Waals surface area contributed by atoms with Crippen LogP contribution in [0.5, 0.6) is 5.75 Å². The Morgan fingerprint density at radius 2 is 1.69 bits per heavy atom. The summed E-state index contributed by atoms with van der Waals surface area (Å²) in [6.07, 6.45) is 0.638. The first kappa shape index (κ1) is 22.4. The molecule has 0 aliphatic rings. The maximum absolute atomic E-state index is 12.3. The molecule has 1 unspecified atom stereocenters. The monoisotopic (exact) mass is 399 g/mol. The Hall–Kier alpha value is -2.86. The molecular weight excluding hydrogens is 370 g/mol. The predicted octanol–water partition coefficient (Wildman–Crippen LogP) is 4.58. The van der Waals surface area contributed by atoms with Gasteiger partial charge in [0.05, 0.1) is 24.0 Å². The molecule has 2 aromatic rings. The second kappa shape index (κ2) is 11.2. The van der Waals surface area contributed by atoms with E-state index in [0.717, 1.165) is 11.3 Å². The van der Waals surface area contributed by atoms with E-state index < -0.39 is 5.97 Å². The second-order valence-corrected chi connectivity index (χ2v) is 6.83. The van der Waals surface area contributed by atoms with E-state index >= 15 is 0 Å². The molecule has 0 bridgehead atoms. The third-order valence-electron chi connectivity index (χ3n) is 4.03. The van der Waals surface area contributed by atoms with Gasteiger partial charge in [0.2, 0.25) is 5.91 Å². The molecule has 0 fully saturated rings. The molecule has 0 aliphatic heterocycles. The smallest absolute Gasteiger partial charge is 0.340 e. The lowest BCUT2D eigenvalue weighted by molar-refractivity contribution is -0.116. The molecule has 2 aromatic carbocycles. The highest BCUT2D eigenvalue weighted by molar-refractivity contribution is 6.01. The summed E-state index contributed by atoms with van der Waals surface area (Å²) < 4.78 is 16.3. The van der Waals surface area contributed by atoms with Crippen molar-refractivity contribution in [3.8, 4) is 5.75 Å². The third kappa shape index (κ3) is 7.58. The molecule has 6 nitrogen and oxygen atoms in total. The topological polar surface area (TPSA) is 73.9 Å². The number of carbonyl (C=O) groups excluding carboxylic acids is 2. The zero-order chi connectivity index (χ0) is 21.2. The molecule has 2 rings (SSSR count). The highest BCUT2D eigenvalue weighted by atomic mass is 16.7. The van der Waals surface area contributed by atoms with Gasteiger partial charge in [-0.2, -0.15) is 0 Å². The van der Waals surface area contributed by atoms with Crippen LogP contribution in [0.3, 0.4) is 0 Å². The Kier molecular flexibility index (Phi) is 8.68. The van der Waals surface area contributed by atoms with Gasteiger partial charge in [-0.25, -0.2) is 4.79 Å². The Morgan fingerprint density at radius 1 is 1.00 bits per heavy atom. The molecule has 0 aliphatic carbocycles. The van der Waals surface area contributed by atoms with E-state index in [2.05, 4.69) is 5.32 Å². The van der Waals surface area contributed by atoms with Crippen LogP contribution in [-0.2, 0) is 20.7 Å². The number of esters is 1. The van der Waals surface area contributed by atoms with E-state index in [4.69, 9.17) is 14.2 Å². The number of anilines is 1. The average molecular weight is 399 g/mol. The first-order valence-corrected chi connectivity index (χ1v) is 9.86. The second-order valence-electron chi connectivity index (χ2n) is 6.83. The summed E-state index contributed by atoms with van der Waals surface area (Å²) in [5, 5.41) is 2.79. The minimum atomic E-state index is -0.449. The van der Waals surface area contributed by atoms with Crippen molar-refractivity contribution in [2.45, 2.75) is 52.9 Å². The van der Waals surface area contributed by atoms with Gasteiger partial charge in [-0.15, -0.1) is 0 Å². The summed E-state index contributed by atoms with van der Waals surface area (Å²) in [5.74, 6) is 0.102. The van der Waals surface area contributed by atoms with Gasteiger partial charge in [0.1, 0.15) is 5.75 Å². The van der Waals surface area contributed by atoms with E-state index in [1.165, 1.54) is 0 Å². The largest absolute Gasteiger partial charge is 0.465 e.